The summed E-state index contributed by atoms with van der Waals surface area (Å²) in [5.74, 6) is -0.108. The van der Waals surface area contributed by atoms with Crippen LogP contribution in [0.25, 0.3) is 10.8 Å². The lowest BCUT2D eigenvalue weighted by Gasteiger charge is -2.23. The van der Waals surface area contributed by atoms with Crippen molar-refractivity contribution >= 4 is 16.7 Å². The largest absolute Gasteiger partial charge is 0.368 e. The van der Waals surface area contributed by atoms with E-state index in [1.165, 1.54) is 0 Å². The average molecular weight is 371 g/mol. The molecule has 0 atom stereocenters. The molecule has 0 unspecified atom stereocenters. The van der Waals surface area contributed by atoms with E-state index in [0.29, 0.717) is 18.7 Å². The number of allylic oxidation sites excluding steroid dienone is 2. The number of nitrogens with zero attached hydrogens (tertiary/aromatic N) is 4. The Morgan fingerprint density at radius 2 is 2.07 bits per heavy atom. The van der Waals surface area contributed by atoms with Gasteiger partial charge in [-0.05, 0) is 40.8 Å². The predicted molar refractivity (Wildman–Crippen MR) is 110 cm³/mol. The van der Waals surface area contributed by atoms with Crippen molar-refractivity contribution in [2.24, 2.45) is 0 Å². The number of hydrogen-bond acceptors (Lipinski definition) is 4. The second kappa shape index (κ2) is 7.92. The fourth-order valence-corrected chi connectivity index (χ4v) is 3.38. The van der Waals surface area contributed by atoms with Crippen LogP contribution < -0.4 is 5.32 Å². The van der Waals surface area contributed by atoms with E-state index in [-0.39, 0.29) is 5.91 Å². The molecule has 0 radical (unpaired) electrons. The summed E-state index contributed by atoms with van der Waals surface area (Å²) in [6.07, 6.45) is 11.2. The van der Waals surface area contributed by atoms with Crippen LogP contribution in [-0.4, -0.2) is 38.9 Å². The second-order valence-corrected chi connectivity index (χ2v) is 6.62. The Balaban J connectivity index is 1.60. The zero-order chi connectivity index (χ0) is 19.3. The van der Waals surface area contributed by atoms with E-state index in [1.54, 1.807) is 10.9 Å². The van der Waals surface area contributed by atoms with Crippen LogP contribution in [0.5, 0.6) is 0 Å². The summed E-state index contributed by atoms with van der Waals surface area (Å²) < 4.78 is 1.77. The van der Waals surface area contributed by atoms with Gasteiger partial charge in [-0.25, -0.2) is 4.68 Å². The minimum absolute atomic E-state index is 0.108. The Morgan fingerprint density at radius 1 is 1.21 bits per heavy atom. The van der Waals surface area contributed by atoms with Crippen molar-refractivity contribution in [3.8, 4) is 0 Å². The van der Waals surface area contributed by atoms with Gasteiger partial charge in [0.05, 0.1) is 19.3 Å². The number of rotatable bonds is 6. The summed E-state index contributed by atoms with van der Waals surface area (Å²) in [5.41, 5.74) is 2.61. The third-order valence-corrected chi connectivity index (χ3v) is 4.67. The summed E-state index contributed by atoms with van der Waals surface area (Å²) >= 11 is 0. The van der Waals surface area contributed by atoms with E-state index in [0.717, 1.165) is 28.6 Å². The van der Waals surface area contributed by atoms with E-state index in [4.69, 9.17) is 0 Å². The third kappa shape index (κ3) is 3.71. The lowest BCUT2D eigenvalue weighted by atomic mass is 9.99. The summed E-state index contributed by atoms with van der Waals surface area (Å²) in [4.78, 5) is 15.1. The highest BCUT2D eigenvalue weighted by molar-refractivity contribution is 6.08. The van der Waals surface area contributed by atoms with Crippen LogP contribution in [0.3, 0.4) is 0 Å². The molecule has 3 aromatic rings. The van der Waals surface area contributed by atoms with Gasteiger partial charge < -0.3 is 10.2 Å². The molecule has 2 aromatic carbocycles. The van der Waals surface area contributed by atoms with Gasteiger partial charge in [-0.1, -0.05) is 41.6 Å². The van der Waals surface area contributed by atoms with E-state index in [2.05, 4.69) is 27.1 Å². The molecule has 0 fully saturated rings. The zero-order valence-corrected chi connectivity index (χ0v) is 15.5. The van der Waals surface area contributed by atoms with E-state index < -0.39 is 0 Å². The first kappa shape index (κ1) is 17.7. The van der Waals surface area contributed by atoms with Crippen LogP contribution in [0.15, 0.2) is 85.5 Å². The molecule has 0 spiro atoms. The molecule has 140 valence electrons. The number of fused-ring (bicyclic) bond motifs is 1. The first-order valence-corrected chi connectivity index (χ1v) is 9.13. The molecule has 0 saturated heterocycles. The molecule has 1 aliphatic heterocycles. The molecule has 2 heterocycles. The number of hydrogen-bond donors (Lipinski definition) is 1. The molecule has 1 aliphatic rings. The topological polar surface area (TPSA) is 63.1 Å². The van der Waals surface area contributed by atoms with Crippen molar-refractivity contribution in [3.63, 3.8) is 0 Å². The van der Waals surface area contributed by atoms with Gasteiger partial charge in [0.2, 0.25) is 0 Å². The highest BCUT2D eigenvalue weighted by atomic mass is 16.1. The van der Waals surface area contributed by atoms with E-state index >= 15 is 0 Å². The quantitative estimate of drug-likeness (QED) is 0.677. The van der Waals surface area contributed by atoms with Crippen molar-refractivity contribution < 1.29 is 4.79 Å². The maximum atomic E-state index is 13.0. The summed E-state index contributed by atoms with van der Waals surface area (Å²) in [7, 11) is 0. The highest BCUT2D eigenvalue weighted by Gasteiger charge is 2.15. The molecule has 0 bridgehead atoms. The minimum atomic E-state index is -0.108. The molecule has 6 nitrogen and oxygen atoms in total. The first-order chi connectivity index (χ1) is 13.7. The van der Waals surface area contributed by atoms with Crippen molar-refractivity contribution in [1.29, 1.82) is 0 Å². The van der Waals surface area contributed by atoms with Crippen molar-refractivity contribution in [1.82, 2.24) is 25.2 Å². The molecule has 1 amide bonds. The van der Waals surface area contributed by atoms with Crippen molar-refractivity contribution in [2.75, 3.05) is 13.1 Å². The molecular weight excluding hydrogens is 350 g/mol. The molecular formula is C22H21N5O. The van der Waals surface area contributed by atoms with Gasteiger partial charge in [0.25, 0.3) is 5.91 Å². The SMILES string of the molecule is C=CCN1C=CC=C(NC(=O)c2ccc(Cn3ccnn3)c3ccccc23)C1. The monoisotopic (exact) mass is 371 g/mol. The predicted octanol–water partition coefficient (Wildman–Crippen LogP) is 3.11. The Kier molecular flexibility index (Phi) is 5.01. The van der Waals surface area contributed by atoms with Crippen LogP contribution in [0, 0.1) is 0 Å². The molecule has 0 saturated carbocycles. The van der Waals surface area contributed by atoms with Crippen molar-refractivity contribution in [3.05, 3.63) is 96.6 Å². The Morgan fingerprint density at radius 3 is 2.86 bits per heavy atom. The van der Waals surface area contributed by atoms with E-state index in [9.17, 15) is 4.79 Å². The lowest BCUT2D eigenvalue weighted by Crippen LogP contribution is -2.32. The number of nitrogens with one attached hydrogen (secondary N) is 1. The van der Waals surface area contributed by atoms with Crippen LogP contribution in [0.2, 0.25) is 0 Å². The highest BCUT2D eigenvalue weighted by Crippen LogP contribution is 2.24. The standard InChI is InChI=1S/C22H21N5O/c1-2-12-26-13-5-6-18(16-26)24-22(28)21-10-9-17(15-27-14-11-23-25-27)19-7-3-4-8-20(19)21/h2-11,13-14H,1,12,15-16H2,(H,24,28). The number of carbonyl (C=O) groups is 1. The molecule has 0 aliphatic carbocycles. The molecule has 4 rings (SSSR count). The summed E-state index contributed by atoms with van der Waals surface area (Å²) in [5, 5.41) is 12.9. The number of carbonyl (C=O) groups excluding carboxylic acids is 1. The zero-order valence-electron chi connectivity index (χ0n) is 15.5. The maximum absolute atomic E-state index is 13.0. The van der Waals surface area contributed by atoms with Gasteiger partial charge >= 0.3 is 0 Å². The maximum Gasteiger partial charge on any atom is 0.256 e. The van der Waals surface area contributed by atoms with Gasteiger partial charge in [0.1, 0.15) is 0 Å². The molecule has 6 heteroatoms. The summed E-state index contributed by atoms with van der Waals surface area (Å²) in [6.45, 7) is 5.76. The first-order valence-electron chi connectivity index (χ1n) is 9.13. The summed E-state index contributed by atoms with van der Waals surface area (Å²) in [6, 6.07) is 11.8. The van der Waals surface area contributed by atoms with E-state index in [1.807, 2.05) is 67.0 Å². The smallest absolute Gasteiger partial charge is 0.256 e. The van der Waals surface area contributed by atoms with Gasteiger partial charge in [-0.15, -0.1) is 11.7 Å². The number of amides is 1. The molecule has 1 N–H and O–H groups in total. The van der Waals surface area contributed by atoms with Gasteiger partial charge in [-0.3, -0.25) is 4.79 Å². The number of aromatic nitrogens is 3. The van der Waals surface area contributed by atoms with Crippen LogP contribution in [0.4, 0.5) is 0 Å². The van der Waals surface area contributed by atoms with Crippen LogP contribution in [0.1, 0.15) is 15.9 Å². The van der Waals surface area contributed by atoms with Gasteiger partial charge in [-0.2, -0.15) is 0 Å². The van der Waals surface area contributed by atoms with Crippen molar-refractivity contribution in [2.45, 2.75) is 6.54 Å². The molecule has 1 aromatic heterocycles. The Hall–Kier alpha value is -3.67. The normalized spacial score (nSPS) is 13.4. The van der Waals surface area contributed by atoms with Crippen LogP contribution >= 0.6 is 0 Å². The number of benzene rings is 2. The fourth-order valence-electron chi connectivity index (χ4n) is 3.38. The fraction of sp³-hybridized carbons (Fsp3) is 0.136. The lowest BCUT2D eigenvalue weighted by molar-refractivity contribution is 0.0965. The Labute approximate surface area is 163 Å². The van der Waals surface area contributed by atoms with Gasteiger partial charge in [0, 0.05) is 24.0 Å². The third-order valence-electron chi connectivity index (χ3n) is 4.67. The second-order valence-electron chi connectivity index (χ2n) is 6.62. The molecule has 28 heavy (non-hydrogen) atoms. The Bertz CT molecular complexity index is 1070. The average Bonchev–Trinajstić information content (AvgIpc) is 3.22. The van der Waals surface area contributed by atoms with Crippen LogP contribution in [-0.2, 0) is 6.54 Å². The minimum Gasteiger partial charge on any atom is -0.368 e. The van der Waals surface area contributed by atoms with Gasteiger partial charge in [0.15, 0.2) is 0 Å².